The van der Waals surface area contributed by atoms with Crippen molar-refractivity contribution in [2.24, 2.45) is 0 Å². The molecule has 12 fully saturated rings. The van der Waals surface area contributed by atoms with Crippen molar-refractivity contribution in [1.82, 2.24) is 26.6 Å². The third kappa shape index (κ3) is 26.8. The highest BCUT2D eigenvalue weighted by molar-refractivity contribution is 5.75. The summed E-state index contributed by atoms with van der Waals surface area (Å²) in [5, 5.41) is 374. The van der Waals surface area contributed by atoms with Crippen molar-refractivity contribution < 1.29 is 296 Å². The molecule has 60 atom stereocenters. The number of ether oxygens (including phenoxy) is 23. The van der Waals surface area contributed by atoms with E-state index in [9.17, 15) is 187 Å². The van der Waals surface area contributed by atoms with Crippen LogP contribution >= 0.6 is 0 Å². The van der Waals surface area contributed by atoms with E-state index in [1.165, 1.54) is 6.92 Å². The predicted molar refractivity (Wildman–Crippen MR) is 452 cm³/mol. The lowest BCUT2D eigenvalue weighted by Gasteiger charge is -2.52. The van der Waals surface area contributed by atoms with Crippen LogP contribution in [0.1, 0.15) is 41.5 Å². The first-order chi connectivity index (χ1) is 69.5. The Labute approximate surface area is 832 Å². The summed E-state index contributed by atoms with van der Waals surface area (Å²) in [5.74, 6) is -5.08. The molecule has 0 aromatic heterocycles. The van der Waals surface area contributed by atoms with Crippen molar-refractivity contribution in [2.45, 2.75) is 410 Å². The second-order valence-corrected chi connectivity index (χ2v) is 37.3. The number of rotatable bonds is 38. The molecule has 0 aromatic rings. The Bertz CT molecular complexity index is 4110. The van der Waals surface area contributed by atoms with Gasteiger partial charge < -0.3 is 299 Å². The molecule has 65 heteroatoms. The fraction of sp³-hybridized carbons (Fsp3) is 0.939. The summed E-state index contributed by atoms with van der Waals surface area (Å²) in [6, 6.07) is -10.2. The van der Waals surface area contributed by atoms with Gasteiger partial charge in [0.25, 0.3) is 0 Å². The van der Waals surface area contributed by atoms with Crippen LogP contribution in [0.5, 0.6) is 0 Å². The fourth-order valence-electron chi connectivity index (χ4n) is 19.2. The van der Waals surface area contributed by atoms with E-state index in [0.717, 1.165) is 34.6 Å². The highest BCUT2D eigenvalue weighted by atomic mass is 16.8. The molecule has 0 aliphatic carbocycles. The van der Waals surface area contributed by atoms with Crippen LogP contribution in [-0.4, -0.2) is 634 Å². The fourth-order valence-corrected chi connectivity index (χ4v) is 19.2. The lowest BCUT2D eigenvalue weighted by atomic mass is 9.93. The van der Waals surface area contributed by atoms with Crippen molar-refractivity contribution in [1.29, 1.82) is 0 Å². The molecule has 0 saturated carbocycles. The number of carbonyl (C=O) groups is 5. The lowest BCUT2D eigenvalue weighted by Crippen LogP contribution is -2.72. The first-order valence-electron chi connectivity index (χ1n) is 47.0. The number of nitrogens with one attached hydrogen (secondary N) is 5. The van der Waals surface area contributed by atoms with Crippen molar-refractivity contribution in [3.8, 4) is 0 Å². The predicted octanol–water partition coefficient (Wildman–Crippen LogP) is -25.4. The van der Waals surface area contributed by atoms with Gasteiger partial charge in [-0.3, -0.25) is 24.0 Å². The van der Waals surface area contributed by atoms with E-state index < -0.39 is 470 Å². The Balaban J connectivity index is 0.936. The maximum Gasteiger partial charge on any atom is 0.217 e. The zero-order valence-corrected chi connectivity index (χ0v) is 79.2. The molecule has 65 nitrogen and oxygen atoms in total. The van der Waals surface area contributed by atoms with Gasteiger partial charge in [-0.1, -0.05) is 0 Å². The van der Waals surface area contributed by atoms with Gasteiger partial charge in [-0.2, -0.15) is 0 Å². The Morgan fingerprint density at radius 1 is 0.190 bits per heavy atom. The molecule has 12 aliphatic heterocycles. The Hall–Kier alpha value is -4.85. The quantitative estimate of drug-likeness (QED) is 0.0273. The lowest BCUT2D eigenvalue weighted by molar-refractivity contribution is -0.406. The van der Waals surface area contributed by atoms with E-state index in [-0.39, 0.29) is 0 Å². The molecule has 37 N–H and O–H groups in total. The molecule has 12 rings (SSSR count). The smallest absolute Gasteiger partial charge is 0.217 e. The number of amides is 5. The second kappa shape index (κ2) is 52.8. The molecule has 0 bridgehead atoms. The van der Waals surface area contributed by atoms with Crippen LogP contribution in [-0.2, 0) is 133 Å². The molecular formula is C82H137N5O60. The minimum Gasteiger partial charge on any atom is -0.394 e. The highest BCUT2D eigenvalue weighted by Crippen LogP contribution is 2.43. The molecule has 0 spiro atoms. The van der Waals surface area contributed by atoms with Crippen molar-refractivity contribution in [2.75, 3.05) is 72.7 Å². The Kier molecular flexibility index (Phi) is 43.4. The number of aliphatic hydroxyl groups is 32. The number of hydrogen-bond acceptors (Lipinski definition) is 60. The van der Waals surface area contributed by atoms with Gasteiger partial charge in [0.1, 0.15) is 287 Å². The van der Waals surface area contributed by atoms with Crippen LogP contribution in [0.25, 0.3) is 0 Å². The van der Waals surface area contributed by atoms with E-state index >= 15 is 0 Å². The summed E-state index contributed by atoms with van der Waals surface area (Å²) in [5.41, 5.74) is 0. The second-order valence-electron chi connectivity index (χ2n) is 37.3. The normalized spacial score (nSPS) is 49.6. The number of aliphatic hydroxyl groups excluding tert-OH is 32. The van der Waals surface area contributed by atoms with Gasteiger partial charge in [0.05, 0.1) is 78.8 Å². The van der Waals surface area contributed by atoms with E-state index in [1.807, 2.05) is 0 Å². The minimum absolute atomic E-state index is 0.854. The van der Waals surface area contributed by atoms with Crippen LogP contribution in [0.2, 0.25) is 0 Å². The zero-order chi connectivity index (χ0) is 108. The van der Waals surface area contributed by atoms with Crippen LogP contribution in [0.3, 0.4) is 0 Å². The molecule has 0 unspecified atom stereocenters. The summed E-state index contributed by atoms with van der Waals surface area (Å²) >= 11 is 0. The molecule has 12 heterocycles. The van der Waals surface area contributed by atoms with Crippen molar-refractivity contribution >= 4 is 29.5 Å². The van der Waals surface area contributed by atoms with Crippen LogP contribution in [0, 0.1) is 0 Å². The van der Waals surface area contributed by atoms with Crippen LogP contribution in [0.15, 0.2) is 0 Å². The average Bonchev–Trinajstić information content (AvgIpc) is 0.754. The molecule has 147 heavy (non-hydrogen) atoms. The van der Waals surface area contributed by atoms with Gasteiger partial charge in [0.15, 0.2) is 75.5 Å². The Morgan fingerprint density at radius 3 is 0.830 bits per heavy atom. The maximum atomic E-state index is 13.5. The van der Waals surface area contributed by atoms with Gasteiger partial charge in [0, 0.05) is 34.6 Å². The van der Waals surface area contributed by atoms with Gasteiger partial charge >= 0.3 is 0 Å². The third-order valence-corrected chi connectivity index (χ3v) is 27.0. The Morgan fingerprint density at radius 2 is 0.435 bits per heavy atom. The topological polar surface area (TPSA) is 1010 Å². The zero-order valence-electron chi connectivity index (χ0n) is 79.2. The van der Waals surface area contributed by atoms with E-state index in [4.69, 9.17) is 109 Å². The third-order valence-electron chi connectivity index (χ3n) is 27.0. The van der Waals surface area contributed by atoms with Gasteiger partial charge in [-0.15, -0.1) is 0 Å². The average molecular weight is 2150 g/mol. The molecular weight excluding hydrogens is 2010 g/mol. The molecule has 0 aromatic carbocycles. The molecule has 12 saturated heterocycles. The van der Waals surface area contributed by atoms with Crippen LogP contribution < -0.4 is 26.6 Å². The summed E-state index contributed by atoms with van der Waals surface area (Å²) in [4.78, 5) is 66.1. The first-order valence-corrected chi connectivity index (χ1v) is 47.0. The SMILES string of the molecule is CC(=O)N[C@@H]1[C@H](O[C@@H]2[C@@H](O[C@@H]3[C@H](O)[C@H](O[C@H]4[C@H](O)[C@@H](NC(C)=O)[C@H](O[C@H]5[C@H](O)[C@@H](NC(C)=O)[C@H](O)O[C@@H]5CO[C@@H]5O[C@@H](C)[C@@H](O)[C@@H](O)[C@@H]5O)O[C@@H]4CO)O[C@H](CO[C@H]4O[C@H](CO)[C@@H](O)[C@H](O)[C@@H]4O[C@@H]4O[C@H](CO)[C@@H](O[C@@H]5O[C@H](CO)[C@H](O)[C@H](O)[C@H]5O)[C@H](O)[C@H]4NC(C)=O)[C@H]3O)O[C@H](CO)[C@@H](O[C@@H]3O[C@H](CO)[C@@H](O)[C@H](O[C@@H]4O[C@H](CO)[C@H](O)[C@H](O)[C@H]4O)[C@H]3NC(C)=O)[C@@H]2O)O[C@H](CO)[C@@H](O[C@@H]2O[C@H](CO)[C@H](O)[C@H](O)[C@H]2O)[C@@H]1O. The van der Waals surface area contributed by atoms with Gasteiger partial charge in [0.2, 0.25) is 29.5 Å². The van der Waals surface area contributed by atoms with Crippen molar-refractivity contribution in [3.63, 3.8) is 0 Å². The minimum atomic E-state index is -2.81. The molecule has 12 aliphatic rings. The monoisotopic (exact) mass is 2150 g/mol. The summed E-state index contributed by atoms with van der Waals surface area (Å²) in [6.07, 6.45) is -120. The summed E-state index contributed by atoms with van der Waals surface area (Å²) < 4.78 is 139. The van der Waals surface area contributed by atoms with E-state index in [1.54, 1.807) is 0 Å². The molecule has 5 amide bonds. The van der Waals surface area contributed by atoms with Crippen molar-refractivity contribution in [3.05, 3.63) is 0 Å². The maximum absolute atomic E-state index is 13.5. The largest absolute Gasteiger partial charge is 0.394 e. The molecule has 850 valence electrons. The first kappa shape index (κ1) is 121. The van der Waals surface area contributed by atoms with Gasteiger partial charge in [-0.05, 0) is 6.92 Å². The summed E-state index contributed by atoms with van der Waals surface area (Å²) in [7, 11) is 0. The van der Waals surface area contributed by atoms with Crippen LogP contribution in [0.4, 0.5) is 0 Å². The van der Waals surface area contributed by atoms with E-state index in [2.05, 4.69) is 26.6 Å². The summed E-state index contributed by atoms with van der Waals surface area (Å²) in [6.45, 7) is -7.34. The standard InChI is InChI=1S/C82H137N5O60/c1-18-40(102)51(113)56(118)76(127-18)125-17-34-66(47(109)35(71(124)128-34)83-19(2)97)140-72-36(84-20(3)98)48(110)64(31(14-95)134-72)143-80-61(123)68(46(108)33(138-80)16-126-81-69(55(117)44(106)27(10-91)133-81)146-73-37(85-21(4)99)49(111)62(29(12-93)135-73)141-77-57(119)52(114)41(103)24(7-88)130-77)145-82-70(147-74-38(86-22(5)100)50(112)63(30(13-94)136-74)142-78-58(120)53(115)42(104)25(8-89)131-78)60(122)65(32(15-96)137-82)139-75-39(87-23(6)101)67(45(107)28(11-92)129-75)144-79-59(121)54(116)43(105)26(9-90)132-79/h18,24-82,88-96,102-124H,7-17H2,1-6H3,(H,83,97)(H,84,98)(H,85,99)(H,86,100)(H,87,101)/t18-,24+,25+,26+,27+,28+,29+,30+,31+,32+,33+,34+,35+,36+,37+,38-,39+,40+,41-,42-,43-,44+,45+,46+,47+,48+,49+,50+,51+,52-,53-,54-,55-,56-,57+,58+,59+,60-,61-,62+,63+,64+,65+,66+,67+,68-,69-,70-,71+,72-,73-,74-,75-,76+,77-,78-,79-,80-,81-,82+/m0/s1. The van der Waals surface area contributed by atoms with E-state index in [0.29, 0.717) is 0 Å². The molecule has 0 radical (unpaired) electrons. The van der Waals surface area contributed by atoms with Gasteiger partial charge in [-0.25, -0.2) is 0 Å². The number of carbonyl (C=O) groups excluding carboxylic acids is 5. The number of hydrogen-bond donors (Lipinski definition) is 37. The highest BCUT2D eigenvalue weighted by Gasteiger charge is 2.64.